The van der Waals surface area contributed by atoms with Gasteiger partial charge in [-0.2, -0.15) is 0 Å². The number of benzene rings is 1. The highest BCUT2D eigenvalue weighted by atomic mass is 32.2. The Morgan fingerprint density at radius 2 is 1.83 bits per heavy atom. The monoisotopic (exact) mass is 338 g/mol. The van der Waals surface area contributed by atoms with E-state index in [0.717, 1.165) is 5.56 Å². The molecule has 1 heterocycles. The number of nitrogens with zero attached hydrogens (tertiary/aromatic N) is 2. The second kappa shape index (κ2) is 8.10. The maximum Gasteiger partial charge on any atom is 0.409 e. The summed E-state index contributed by atoms with van der Waals surface area (Å²) in [7, 11) is -0.938. The van der Waals surface area contributed by atoms with E-state index >= 15 is 0 Å². The van der Waals surface area contributed by atoms with Crippen molar-refractivity contribution in [2.45, 2.75) is 12.7 Å². The van der Waals surface area contributed by atoms with Crippen molar-refractivity contribution >= 4 is 22.8 Å². The summed E-state index contributed by atoms with van der Waals surface area (Å²) in [6.45, 7) is 4.05. The summed E-state index contributed by atoms with van der Waals surface area (Å²) in [6.07, 6.45) is 1.32. The van der Waals surface area contributed by atoms with Crippen molar-refractivity contribution in [2.75, 3.05) is 39.0 Å². The average Bonchev–Trinajstić information content (AvgIpc) is 2.54. The predicted molar refractivity (Wildman–Crippen MR) is 88.7 cm³/mol. The Hall–Kier alpha value is -1.89. The molecule has 1 saturated heterocycles. The third kappa shape index (κ3) is 4.79. The second-order valence-corrected chi connectivity index (χ2v) is 6.83. The zero-order valence-electron chi connectivity index (χ0n) is 13.5. The Bertz CT molecular complexity index is 597. The van der Waals surface area contributed by atoms with Crippen LogP contribution in [0.5, 0.6) is 0 Å². The van der Waals surface area contributed by atoms with Gasteiger partial charge in [-0.05, 0) is 24.6 Å². The van der Waals surface area contributed by atoms with Crippen LogP contribution in [0.2, 0.25) is 0 Å². The van der Waals surface area contributed by atoms with E-state index < -0.39 is 10.8 Å². The van der Waals surface area contributed by atoms with E-state index in [1.165, 1.54) is 0 Å². The number of amides is 2. The Morgan fingerprint density at radius 1 is 1.17 bits per heavy atom. The van der Waals surface area contributed by atoms with Crippen molar-refractivity contribution in [3.8, 4) is 0 Å². The van der Waals surface area contributed by atoms with Crippen molar-refractivity contribution < 1.29 is 18.5 Å². The normalized spacial score (nSPS) is 16.1. The molecule has 23 heavy (non-hydrogen) atoms. The molecule has 126 valence electrons. The number of hydrogen-bond acceptors (Lipinski definition) is 4. The fourth-order valence-corrected chi connectivity index (χ4v) is 3.17. The summed E-state index contributed by atoms with van der Waals surface area (Å²) in [5, 5.41) is 0. The zero-order valence-corrected chi connectivity index (χ0v) is 14.3. The van der Waals surface area contributed by atoms with Crippen molar-refractivity contribution in [2.24, 2.45) is 0 Å². The molecule has 0 bridgehead atoms. The lowest BCUT2D eigenvalue weighted by atomic mass is 10.1. The lowest BCUT2D eigenvalue weighted by Crippen LogP contribution is -2.50. The summed E-state index contributed by atoms with van der Waals surface area (Å²) in [6, 6.07) is 7.24. The van der Waals surface area contributed by atoms with E-state index in [2.05, 4.69) is 0 Å². The summed E-state index contributed by atoms with van der Waals surface area (Å²) in [4.78, 5) is 27.6. The number of ether oxygens (including phenoxy) is 1. The zero-order chi connectivity index (χ0) is 16.8. The largest absolute Gasteiger partial charge is 0.450 e. The van der Waals surface area contributed by atoms with Crippen LogP contribution in [0.15, 0.2) is 24.3 Å². The molecule has 0 radical (unpaired) electrons. The molecule has 0 N–H and O–H groups in total. The SMILES string of the molecule is CCOC(=O)N1CCN(C(=O)c2cccc(CS(C)=O)c2)CC1. The first-order valence-electron chi connectivity index (χ1n) is 7.61. The lowest BCUT2D eigenvalue weighted by molar-refractivity contribution is 0.0570. The Morgan fingerprint density at radius 3 is 2.43 bits per heavy atom. The molecule has 1 fully saturated rings. The first-order chi connectivity index (χ1) is 11.0. The van der Waals surface area contributed by atoms with Gasteiger partial charge < -0.3 is 14.5 Å². The number of carbonyl (C=O) groups excluding carboxylic acids is 2. The molecule has 0 saturated carbocycles. The molecule has 2 rings (SSSR count). The fraction of sp³-hybridized carbons (Fsp3) is 0.500. The van der Waals surface area contributed by atoms with Gasteiger partial charge in [0.15, 0.2) is 0 Å². The summed E-state index contributed by atoms with van der Waals surface area (Å²) in [5.41, 5.74) is 1.49. The summed E-state index contributed by atoms with van der Waals surface area (Å²) < 4.78 is 16.3. The number of piperazine rings is 1. The van der Waals surface area contributed by atoms with Crippen LogP contribution >= 0.6 is 0 Å². The van der Waals surface area contributed by atoms with Crippen molar-refractivity contribution in [3.05, 3.63) is 35.4 Å². The van der Waals surface area contributed by atoms with Crippen molar-refractivity contribution in [1.82, 2.24) is 9.80 Å². The molecule has 6 nitrogen and oxygen atoms in total. The third-order valence-electron chi connectivity index (χ3n) is 3.64. The molecule has 1 atom stereocenters. The maximum atomic E-state index is 12.6. The minimum absolute atomic E-state index is 0.0581. The van der Waals surface area contributed by atoms with E-state index in [1.807, 2.05) is 12.1 Å². The molecule has 0 spiro atoms. The van der Waals surface area contributed by atoms with E-state index in [4.69, 9.17) is 4.74 Å². The van der Waals surface area contributed by atoms with Gasteiger partial charge in [-0.3, -0.25) is 9.00 Å². The van der Waals surface area contributed by atoms with Crippen molar-refractivity contribution in [3.63, 3.8) is 0 Å². The highest BCUT2D eigenvalue weighted by Gasteiger charge is 2.25. The lowest BCUT2D eigenvalue weighted by Gasteiger charge is -2.34. The number of carbonyl (C=O) groups is 2. The molecule has 1 aromatic rings. The van der Waals surface area contributed by atoms with Crippen LogP contribution < -0.4 is 0 Å². The molecule has 1 aromatic carbocycles. The molecular formula is C16H22N2O4S. The first-order valence-corrected chi connectivity index (χ1v) is 9.34. The molecule has 1 unspecified atom stereocenters. The van der Waals surface area contributed by atoms with Gasteiger partial charge in [0.05, 0.1) is 6.61 Å². The Labute approximate surface area is 138 Å². The van der Waals surface area contributed by atoms with Gasteiger partial charge in [-0.1, -0.05) is 12.1 Å². The van der Waals surface area contributed by atoms with Crippen LogP contribution in [0.1, 0.15) is 22.8 Å². The van der Waals surface area contributed by atoms with Crippen LogP contribution in [-0.4, -0.2) is 65.1 Å². The van der Waals surface area contributed by atoms with Gasteiger partial charge in [0.25, 0.3) is 5.91 Å². The van der Waals surface area contributed by atoms with Crippen LogP contribution in [-0.2, 0) is 21.3 Å². The van der Waals surface area contributed by atoms with Gasteiger partial charge in [0.2, 0.25) is 0 Å². The Balaban J connectivity index is 1.97. The number of hydrogen-bond donors (Lipinski definition) is 0. The van der Waals surface area contributed by atoms with Crippen molar-refractivity contribution in [1.29, 1.82) is 0 Å². The van der Waals surface area contributed by atoms with Crippen LogP contribution in [0.4, 0.5) is 4.79 Å². The molecule has 1 aliphatic rings. The van der Waals surface area contributed by atoms with E-state index in [9.17, 15) is 13.8 Å². The smallest absolute Gasteiger partial charge is 0.409 e. The Kier molecular flexibility index (Phi) is 6.15. The van der Waals surface area contributed by atoms with Gasteiger partial charge in [0.1, 0.15) is 0 Å². The minimum Gasteiger partial charge on any atom is -0.450 e. The molecule has 0 aromatic heterocycles. The van der Waals surface area contributed by atoms with Gasteiger partial charge in [-0.25, -0.2) is 4.79 Å². The topological polar surface area (TPSA) is 66.9 Å². The molecule has 7 heteroatoms. The highest BCUT2D eigenvalue weighted by Crippen LogP contribution is 2.12. The average molecular weight is 338 g/mol. The second-order valence-electron chi connectivity index (χ2n) is 5.40. The van der Waals surface area contributed by atoms with E-state index in [-0.39, 0.29) is 12.0 Å². The van der Waals surface area contributed by atoms with Gasteiger partial charge >= 0.3 is 6.09 Å². The molecule has 1 aliphatic heterocycles. The third-order valence-corrected chi connectivity index (χ3v) is 4.38. The van der Waals surface area contributed by atoms with Crippen LogP contribution in [0.3, 0.4) is 0 Å². The quantitative estimate of drug-likeness (QED) is 0.834. The highest BCUT2D eigenvalue weighted by molar-refractivity contribution is 7.83. The van der Waals surface area contributed by atoms with Crippen LogP contribution in [0.25, 0.3) is 0 Å². The van der Waals surface area contributed by atoms with Crippen LogP contribution in [0, 0.1) is 0 Å². The fourth-order valence-electron chi connectivity index (χ4n) is 2.52. The molecule has 2 amide bonds. The molecular weight excluding hydrogens is 316 g/mol. The minimum atomic E-state index is -0.938. The first kappa shape index (κ1) is 17.5. The summed E-state index contributed by atoms with van der Waals surface area (Å²) >= 11 is 0. The van der Waals surface area contributed by atoms with Gasteiger partial charge in [0, 0.05) is 54.6 Å². The molecule has 0 aliphatic carbocycles. The van der Waals surface area contributed by atoms with E-state index in [0.29, 0.717) is 44.1 Å². The van der Waals surface area contributed by atoms with E-state index in [1.54, 1.807) is 35.1 Å². The standard InChI is InChI=1S/C16H22N2O4S/c1-3-22-16(20)18-9-7-17(8-10-18)15(19)14-6-4-5-13(11-14)12-23(2)21/h4-6,11H,3,7-10,12H2,1-2H3. The number of rotatable bonds is 4. The van der Waals surface area contributed by atoms with Gasteiger partial charge in [-0.15, -0.1) is 0 Å². The summed E-state index contributed by atoms with van der Waals surface area (Å²) in [5.74, 6) is 0.384. The maximum absolute atomic E-state index is 12.6. The predicted octanol–water partition coefficient (Wildman–Crippen LogP) is 1.48.